The average molecular weight is 295 g/mol. The van der Waals surface area contributed by atoms with E-state index in [0.29, 0.717) is 0 Å². The van der Waals surface area contributed by atoms with Gasteiger partial charge in [-0.15, -0.1) is 6.58 Å². The Morgan fingerprint density at radius 2 is 2.05 bits per heavy atom. The minimum absolute atomic E-state index is 0.0377. The summed E-state index contributed by atoms with van der Waals surface area (Å²) in [6, 6.07) is 14.3. The number of nitrogens with zero attached hydrogens (tertiary/aromatic N) is 1. The predicted octanol–water partition coefficient (Wildman–Crippen LogP) is 3.35. The molecular formula is C19H21NO2. The Morgan fingerprint density at radius 3 is 2.77 bits per heavy atom. The fourth-order valence-corrected chi connectivity index (χ4v) is 3.83. The predicted molar refractivity (Wildman–Crippen MR) is 88.6 cm³/mol. The number of esters is 1. The molecule has 22 heavy (non-hydrogen) atoms. The molecule has 0 amide bonds. The van der Waals surface area contributed by atoms with E-state index in [9.17, 15) is 4.79 Å². The van der Waals surface area contributed by atoms with Crippen LogP contribution in [0.2, 0.25) is 0 Å². The number of fused-ring (bicyclic) bond motifs is 1. The van der Waals surface area contributed by atoms with E-state index < -0.39 is 5.54 Å². The molecule has 0 aliphatic carbocycles. The highest BCUT2D eigenvalue weighted by molar-refractivity contribution is 5.94. The maximum atomic E-state index is 12.8. The molecule has 3 nitrogen and oxygen atoms in total. The van der Waals surface area contributed by atoms with Crippen molar-refractivity contribution in [2.75, 3.05) is 20.7 Å². The zero-order valence-corrected chi connectivity index (χ0v) is 13.1. The van der Waals surface area contributed by atoms with Gasteiger partial charge in [0, 0.05) is 5.92 Å². The number of likely N-dealkylation sites (tertiary alicyclic amines) is 1. The third kappa shape index (κ3) is 1.89. The SMILES string of the molecule is C=C[C@@H]1CCN(C)[C@@]1(C(=O)OC)c1cccc2ccccc12. The molecule has 114 valence electrons. The van der Waals surface area contributed by atoms with Crippen molar-refractivity contribution in [3.8, 4) is 0 Å². The summed E-state index contributed by atoms with van der Waals surface area (Å²) in [5, 5.41) is 2.22. The molecule has 1 aliphatic rings. The molecule has 1 aliphatic heterocycles. The van der Waals surface area contributed by atoms with E-state index in [-0.39, 0.29) is 11.9 Å². The third-order valence-electron chi connectivity index (χ3n) is 4.90. The second-order valence-electron chi connectivity index (χ2n) is 5.84. The van der Waals surface area contributed by atoms with Gasteiger partial charge >= 0.3 is 5.97 Å². The van der Waals surface area contributed by atoms with Gasteiger partial charge in [0.15, 0.2) is 5.54 Å². The van der Waals surface area contributed by atoms with E-state index in [1.807, 2.05) is 37.4 Å². The molecule has 3 heteroatoms. The van der Waals surface area contributed by atoms with Crippen molar-refractivity contribution in [1.29, 1.82) is 0 Å². The van der Waals surface area contributed by atoms with Gasteiger partial charge in [0.2, 0.25) is 0 Å². The second kappa shape index (κ2) is 5.58. The molecule has 0 radical (unpaired) electrons. The minimum atomic E-state index is -0.794. The fourth-order valence-electron chi connectivity index (χ4n) is 3.83. The van der Waals surface area contributed by atoms with E-state index in [2.05, 4.69) is 29.7 Å². The number of ether oxygens (including phenoxy) is 1. The lowest BCUT2D eigenvalue weighted by Gasteiger charge is -2.38. The molecule has 1 fully saturated rings. The smallest absolute Gasteiger partial charge is 0.331 e. The van der Waals surface area contributed by atoms with Crippen LogP contribution in [0.1, 0.15) is 12.0 Å². The molecule has 2 atom stereocenters. The molecule has 0 saturated carbocycles. The van der Waals surface area contributed by atoms with Gasteiger partial charge in [0.25, 0.3) is 0 Å². The van der Waals surface area contributed by atoms with Crippen LogP contribution in [0, 0.1) is 5.92 Å². The molecule has 0 aromatic heterocycles. The summed E-state index contributed by atoms with van der Waals surface area (Å²) in [4.78, 5) is 15.0. The Kier molecular flexibility index (Phi) is 3.75. The standard InChI is InChI=1S/C19H21NO2/c1-4-15-12-13-20(2)19(15,18(21)22-3)17-11-7-9-14-8-5-6-10-16(14)17/h4-11,15H,1,12-13H2,2-3H3/t15-,19-/m1/s1. The van der Waals surface area contributed by atoms with Crippen LogP contribution in [0.5, 0.6) is 0 Å². The van der Waals surface area contributed by atoms with Gasteiger partial charge < -0.3 is 4.74 Å². The third-order valence-corrected chi connectivity index (χ3v) is 4.90. The Hall–Kier alpha value is -2.13. The van der Waals surface area contributed by atoms with Gasteiger partial charge in [-0.05, 0) is 36.3 Å². The summed E-state index contributed by atoms with van der Waals surface area (Å²) in [6.45, 7) is 4.80. The van der Waals surface area contributed by atoms with Crippen LogP contribution < -0.4 is 0 Å². The maximum Gasteiger partial charge on any atom is 0.331 e. The van der Waals surface area contributed by atoms with E-state index in [1.54, 1.807) is 0 Å². The molecule has 2 aromatic carbocycles. The van der Waals surface area contributed by atoms with Crippen LogP contribution in [0.25, 0.3) is 10.8 Å². The molecule has 0 unspecified atom stereocenters. The average Bonchev–Trinajstić information content (AvgIpc) is 2.90. The zero-order chi connectivity index (χ0) is 15.7. The quantitative estimate of drug-likeness (QED) is 0.642. The summed E-state index contributed by atoms with van der Waals surface area (Å²) >= 11 is 0. The van der Waals surface area contributed by atoms with Gasteiger partial charge in [-0.2, -0.15) is 0 Å². The van der Waals surface area contributed by atoms with Crippen LogP contribution in [0.15, 0.2) is 55.1 Å². The van der Waals surface area contributed by atoms with Crippen molar-refractivity contribution in [3.63, 3.8) is 0 Å². The summed E-state index contributed by atoms with van der Waals surface area (Å²) in [6.07, 6.45) is 2.79. The first-order valence-electron chi connectivity index (χ1n) is 7.56. The Balaban J connectivity index is 2.34. The molecule has 3 rings (SSSR count). The molecule has 0 N–H and O–H groups in total. The normalized spacial score (nSPS) is 25.3. The topological polar surface area (TPSA) is 29.5 Å². The van der Waals surface area contributed by atoms with Crippen LogP contribution >= 0.6 is 0 Å². The first-order valence-corrected chi connectivity index (χ1v) is 7.56. The zero-order valence-electron chi connectivity index (χ0n) is 13.1. The lowest BCUT2D eigenvalue weighted by molar-refractivity contribution is -0.155. The number of hydrogen-bond donors (Lipinski definition) is 0. The highest BCUT2D eigenvalue weighted by Crippen LogP contribution is 2.46. The lowest BCUT2D eigenvalue weighted by Crippen LogP contribution is -2.50. The van der Waals surface area contributed by atoms with E-state index in [1.165, 1.54) is 7.11 Å². The minimum Gasteiger partial charge on any atom is -0.467 e. The van der Waals surface area contributed by atoms with Crippen molar-refractivity contribution < 1.29 is 9.53 Å². The number of methoxy groups -OCH3 is 1. The molecule has 1 heterocycles. The lowest BCUT2D eigenvalue weighted by atomic mass is 9.76. The first kappa shape index (κ1) is 14.8. The second-order valence-corrected chi connectivity index (χ2v) is 5.84. The van der Waals surface area contributed by atoms with Gasteiger partial charge in [-0.25, -0.2) is 4.79 Å². The highest BCUT2D eigenvalue weighted by atomic mass is 16.5. The maximum absolute atomic E-state index is 12.8. The number of carbonyl (C=O) groups is 1. The number of carbonyl (C=O) groups excluding carboxylic acids is 1. The van der Waals surface area contributed by atoms with E-state index >= 15 is 0 Å². The Morgan fingerprint density at radius 1 is 1.32 bits per heavy atom. The van der Waals surface area contributed by atoms with E-state index in [0.717, 1.165) is 29.3 Å². The molecule has 1 saturated heterocycles. The van der Waals surface area contributed by atoms with Gasteiger partial charge in [-0.1, -0.05) is 48.5 Å². The van der Waals surface area contributed by atoms with Crippen molar-refractivity contribution in [3.05, 3.63) is 60.7 Å². The fraction of sp³-hybridized carbons (Fsp3) is 0.316. The van der Waals surface area contributed by atoms with Crippen LogP contribution in [0.3, 0.4) is 0 Å². The van der Waals surface area contributed by atoms with E-state index in [4.69, 9.17) is 4.74 Å². The molecule has 0 bridgehead atoms. The highest BCUT2D eigenvalue weighted by Gasteiger charge is 2.54. The summed E-state index contributed by atoms with van der Waals surface area (Å²) in [5.41, 5.74) is 0.208. The summed E-state index contributed by atoms with van der Waals surface area (Å²) in [7, 11) is 3.45. The van der Waals surface area contributed by atoms with Gasteiger partial charge in [-0.3, -0.25) is 4.90 Å². The number of hydrogen-bond acceptors (Lipinski definition) is 3. The van der Waals surface area contributed by atoms with Crippen LogP contribution in [-0.4, -0.2) is 31.6 Å². The summed E-state index contributed by atoms with van der Waals surface area (Å²) < 4.78 is 5.21. The van der Waals surface area contributed by atoms with Gasteiger partial charge in [0.05, 0.1) is 7.11 Å². The monoisotopic (exact) mass is 295 g/mol. The summed E-state index contributed by atoms with van der Waals surface area (Å²) in [5.74, 6) is -0.176. The first-order chi connectivity index (χ1) is 10.7. The van der Waals surface area contributed by atoms with Crippen molar-refractivity contribution in [2.24, 2.45) is 5.92 Å². The number of likely N-dealkylation sites (N-methyl/N-ethyl adjacent to an activating group) is 1. The van der Waals surface area contributed by atoms with Gasteiger partial charge in [0.1, 0.15) is 0 Å². The Bertz CT molecular complexity index is 719. The van der Waals surface area contributed by atoms with Crippen molar-refractivity contribution in [1.82, 2.24) is 4.90 Å². The van der Waals surface area contributed by atoms with Crippen LogP contribution in [0.4, 0.5) is 0 Å². The molecule has 0 spiro atoms. The molecule has 2 aromatic rings. The Labute approximate surface area is 131 Å². The largest absolute Gasteiger partial charge is 0.467 e. The van der Waals surface area contributed by atoms with Crippen molar-refractivity contribution in [2.45, 2.75) is 12.0 Å². The van der Waals surface area contributed by atoms with Crippen molar-refractivity contribution >= 4 is 16.7 Å². The van der Waals surface area contributed by atoms with Crippen LogP contribution in [-0.2, 0) is 15.1 Å². The number of benzene rings is 2. The molecular weight excluding hydrogens is 274 g/mol. The number of rotatable bonds is 3.